The lowest BCUT2D eigenvalue weighted by Crippen LogP contribution is -2.39. The van der Waals surface area contributed by atoms with Crippen molar-refractivity contribution in [1.82, 2.24) is 4.90 Å². The van der Waals surface area contributed by atoms with E-state index >= 15 is 0 Å². The van der Waals surface area contributed by atoms with Crippen LogP contribution < -0.4 is 5.73 Å². The molecule has 2 N–H and O–H groups in total. The van der Waals surface area contributed by atoms with Crippen LogP contribution in [0.4, 0.5) is 8.78 Å². The zero-order chi connectivity index (χ0) is 13.9. The van der Waals surface area contributed by atoms with Crippen molar-refractivity contribution in [3.63, 3.8) is 0 Å². The Balaban J connectivity index is 0.00000324. The van der Waals surface area contributed by atoms with Gasteiger partial charge in [0.2, 0.25) is 0 Å². The van der Waals surface area contributed by atoms with Gasteiger partial charge in [-0.1, -0.05) is 13.8 Å². The fourth-order valence-electron chi connectivity index (χ4n) is 1.68. The molecule has 0 heterocycles. The van der Waals surface area contributed by atoms with E-state index in [9.17, 15) is 13.6 Å². The number of hydrogen-bond donors (Lipinski definition) is 1. The van der Waals surface area contributed by atoms with Crippen molar-refractivity contribution in [2.45, 2.75) is 13.8 Å². The van der Waals surface area contributed by atoms with Crippen LogP contribution in [0.3, 0.4) is 0 Å². The molecule has 0 aliphatic heterocycles. The Kier molecular flexibility index (Phi) is 6.39. The molecule has 0 aliphatic carbocycles. The Morgan fingerprint density at radius 3 is 2.16 bits per heavy atom. The van der Waals surface area contributed by atoms with Crippen LogP contribution in [0.2, 0.25) is 0 Å². The third-order valence-corrected chi connectivity index (χ3v) is 2.67. The van der Waals surface area contributed by atoms with Crippen LogP contribution in [-0.4, -0.2) is 30.9 Å². The van der Waals surface area contributed by atoms with Crippen LogP contribution in [0.1, 0.15) is 24.2 Å². The van der Waals surface area contributed by atoms with Crippen molar-refractivity contribution in [1.29, 1.82) is 0 Å². The SMILES string of the molecule is CN(CC(C)(C)CN)C(=O)c1cc(F)cc(F)c1.Cl. The van der Waals surface area contributed by atoms with Gasteiger partial charge in [0, 0.05) is 25.2 Å². The molecule has 0 aliphatic rings. The second kappa shape index (κ2) is 6.82. The summed E-state index contributed by atoms with van der Waals surface area (Å²) in [6.45, 7) is 4.68. The first-order chi connectivity index (χ1) is 8.25. The van der Waals surface area contributed by atoms with Gasteiger partial charge in [0.05, 0.1) is 0 Å². The molecule has 0 atom stereocenters. The van der Waals surface area contributed by atoms with Gasteiger partial charge in [-0.3, -0.25) is 4.79 Å². The highest BCUT2D eigenvalue weighted by atomic mass is 35.5. The molecule has 108 valence electrons. The maximum atomic E-state index is 13.0. The van der Waals surface area contributed by atoms with Crippen molar-refractivity contribution >= 4 is 18.3 Å². The minimum atomic E-state index is -0.759. The first kappa shape index (κ1) is 17.8. The monoisotopic (exact) mass is 292 g/mol. The van der Waals surface area contributed by atoms with E-state index in [4.69, 9.17) is 5.73 Å². The van der Waals surface area contributed by atoms with Gasteiger partial charge in [-0.2, -0.15) is 0 Å². The predicted molar refractivity (Wildman–Crippen MR) is 73.4 cm³/mol. The Labute approximate surface area is 118 Å². The highest BCUT2D eigenvalue weighted by Gasteiger charge is 2.22. The van der Waals surface area contributed by atoms with Crippen LogP contribution in [0, 0.1) is 17.0 Å². The first-order valence-corrected chi connectivity index (χ1v) is 5.67. The molecule has 1 aromatic carbocycles. The minimum absolute atomic E-state index is 0. The molecular weight excluding hydrogens is 274 g/mol. The molecule has 0 radical (unpaired) electrons. The van der Waals surface area contributed by atoms with Gasteiger partial charge in [-0.05, 0) is 24.1 Å². The molecule has 19 heavy (non-hydrogen) atoms. The van der Waals surface area contributed by atoms with Crippen molar-refractivity contribution in [2.24, 2.45) is 11.1 Å². The van der Waals surface area contributed by atoms with Gasteiger partial charge in [0.15, 0.2) is 0 Å². The third kappa shape index (κ3) is 5.12. The lowest BCUT2D eigenvalue weighted by atomic mass is 9.93. The summed E-state index contributed by atoms with van der Waals surface area (Å²) in [6, 6.07) is 2.79. The van der Waals surface area contributed by atoms with E-state index in [1.165, 1.54) is 4.90 Å². The third-order valence-electron chi connectivity index (χ3n) is 2.67. The summed E-state index contributed by atoms with van der Waals surface area (Å²) < 4.78 is 26.1. The van der Waals surface area contributed by atoms with Crippen molar-refractivity contribution in [3.8, 4) is 0 Å². The molecule has 1 rings (SSSR count). The summed E-state index contributed by atoms with van der Waals surface area (Å²) in [7, 11) is 1.59. The van der Waals surface area contributed by atoms with Gasteiger partial charge >= 0.3 is 0 Å². The summed E-state index contributed by atoms with van der Waals surface area (Å²) in [5, 5.41) is 0. The van der Waals surface area contributed by atoms with E-state index in [0.717, 1.165) is 18.2 Å². The molecule has 0 saturated carbocycles. The van der Waals surface area contributed by atoms with E-state index in [1.807, 2.05) is 13.8 Å². The van der Waals surface area contributed by atoms with E-state index in [2.05, 4.69) is 0 Å². The van der Waals surface area contributed by atoms with Crippen molar-refractivity contribution in [2.75, 3.05) is 20.1 Å². The maximum absolute atomic E-state index is 13.0. The zero-order valence-electron chi connectivity index (χ0n) is 11.2. The number of carbonyl (C=O) groups is 1. The van der Waals surface area contributed by atoms with Crippen LogP contribution in [0.5, 0.6) is 0 Å². The Morgan fingerprint density at radius 2 is 1.74 bits per heavy atom. The number of benzene rings is 1. The molecule has 1 amide bonds. The second-order valence-electron chi connectivity index (χ2n) is 5.19. The average Bonchev–Trinajstić information content (AvgIpc) is 2.26. The van der Waals surface area contributed by atoms with Gasteiger partial charge in [0.25, 0.3) is 5.91 Å². The summed E-state index contributed by atoms with van der Waals surface area (Å²) in [6.07, 6.45) is 0. The minimum Gasteiger partial charge on any atom is -0.341 e. The highest BCUT2D eigenvalue weighted by Crippen LogP contribution is 2.16. The maximum Gasteiger partial charge on any atom is 0.253 e. The topological polar surface area (TPSA) is 46.3 Å². The van der Waals surface area contributed by atoms with Gasteiger partial charge in [0.1, 0.15) is 11.6 Å². The standard InChI is InChI=1S/C13H18F2N2O.ClH/c1-13(2,7-16)8-17(3)12(18)9-4-10(14)6-11(15)5-9;/h4-6H,7-8,16H2,1-3H3;1H. The van der Waals surface area contributed by atoms with Crippen LogP contribution in [0.15, 0.2) is 18.2 Å². The lowest BCUT2D eigenvalue weighted by Gasteiger charge is -2.29. The summed E-state index contributed by atoms with van der Waals surface area (Å²) in [5.41, 5.74) is 5.35. The lowest BCUT2D eigenvalue weighted by molar-refractivity contribution is 0.0739. The number of nitrogens with two attached hydrogens (primary N) is 1. The van der Waals surface area contributed by atoms with E-state index in [0.29, 0.717) is 13.1 Å². The summed E-state index contributed by atoms with van der Waals surface area (Å²) in [5.74, 6) is -1.94. The highest BCUT2D eigenvalue weighted by molar-refractivity contribution is 5.94. The molecule has 0 unspecified atom stereocenters. The Morgan fingerprint density at radius 1 is 1.26 bits per heavy atom. The van der Waals surface area contributed by atoms with Gasteiger partial charge in [-0.15, -0.1) is 12.4 Å². The van der Waals surface area contributed by atoms with Gasteiger partial charge in [-0.25, -0.2) is 8.78 Å². The Bertz CT molecular complexity index is 432. The molecular formula is C13H19ClF2N2O. The van der Waals surface area contributed by atoms with Crippen molar-refractivity contribution < 1.29 is 13.6 Å². The smallest absolute Gasteiger partial charge is 0.253 e. The molecule has 0 bridgehead atoms. The zero-order valence-corrected chi connectivity index (χ0v) is 12.1. The second-order valence-corrected chi connectivity index (χ2v) is 5.19. The number of amides is 1. The van der Waals surface area contributed by atoms with E-state index < -0.39 is 17.5 Å². The Hall–Kier alpha value is -1.20. The first-order valence-electron chi connectivity index (χ1n) is 5.67. The fourth-order valence-corrected chi connectivity index (χ4v) is 1.68. The number of halogens is 3. The number of hydrogen-bond acceptors (Lipinski definition) is 2. The average molecular weight is 293 g/mol. The predicted octanol–water partition coefficient (Wildman–Crippen LogP) is 2.44. The molecule has 0 spiro atoms. The van der Waals surface area contributed by atoms with Gasteiger partial charge < -0.3 is 10.6 Å². The molecule has 0 aromatic heterocycles. The van der Waals surface area contributed by atoms with Crippen LogP contribution in [-0.2, 0) is 0 Å². The van der Waals surface area contributed by atoms with E-state index in [-0.39, 0.29) is 23.4 Å². The molecule has 1 aromatic rings. The summed E-state index contributed by atoms with van der Waals surface area (Å²) in [4.78, 5) is 13.4. The number of nitrogens with zero attached hydrogens (tertiary/aromatic N) is 1. The largest absolute Gasteiger partial charge is 0.341 e. The molecule has 6 heteroatoms. The van der Waals surface area contributed by atoms with Crippen molar-refractivity contribution in [3.05, 3.63) is 35.4 Å². The summed E-state index contributed by atoms with van der Waals surface area (Å²) >= 11 is 0. The molecule has 0 fully saturated rings. The molecule has 0 saturated heterocycles. The number of carbonyl (C=O) groups excluding carboxylic acids is 1. The fraction of sp³-hybridized carbons (Fsp3) is 0.462. The molecule has 3 nitrogen and oxygen atoms in total. The van der Waals surface area contributed by atoms with Crippen LogP contribution in [0.25, 0.3) is 0 Å². The normalized spacial score (nSPS) is 10.8. The van der Waals surface area contributed by atoms with Crippen LogP contribution >= 0.6 is 12.4 Å². The van der Waals surface area contributed by atoms with E-state index in [1.54, 1.807) is 7.05 Å². The number of rotatable bonds is 4. The quantitative estimate of drug-likeness (QED) is 0.926.